The van der Waals surface area contributed by atoms with Crippen LogP contribution in [0.2, 0.25) is 0 Å². The van der Waals surface area contributed by atoms with Crippen LogP contribution in [-0.2, 0) is 20.7 Å². The van der Waals surface area contributed by atoms with E-state index in [0.29, 0.717) is 39.1 Å². The lowest BCUT2D eigenvalue weighted by atomic mass is 10.1. The predicted octanol–water partition coefficient (Wildman–Crippen LogP) is 2.16. The highest BCUT2D eigenvalue weighted by Gasteiger charge is 2.36. The summed E-state index contributed by atoms with van der Waals surface area (Å²) in [6.45, 7) is 2.51. The number of carbonyl (C=O) groups excluding carboxylic acids is 2. The Morgan fingerprint density at radius 2 is 1.93 bits per heavy atom. The third-order valence-electron chi connectivity index (χ3n) is 5.33. The lowest BCUT2D eigenvalue weighted by Crippen LogP contribution is -2.47. The molecule has 1 aromatic carbocycles. The summed E-state index contributed by atoms with van der Waals surface area (Å²) in [5.74, 6) is 1.27. The van der Waals surface area contributed by atoms with Gasteiger partial charge in [0.05, 0.1) is 7.11 Å². The number of hydrogen-bond acceptors (Lipinski definition) is 4. The fourth-order valence-corrected chi connectivity index (χ4v) is 3.60. The number of methoxy groups -OCH3 is 1. The maximum atomic E-state index is 12.6. The van der Waals surface area contributed by atoms with Crippen molar-refractivity contribution in [1.82, 2.24) is 10.2 Å². The molecule has 2 aliphatic rings. The van der Waals surface area contributed by atoms with E-state index < -0.39 is 0 Å². The van der Waals surface area contributed by atoms with Crippen molar-refractivity contribution in [2.75, 3.05) is 33.4 Å². The second kappa shape index (κ2) is 9.74. The maximum Gasteiger partial charge on any atom is 0.225 e. The van der Waals surface area contributed by atoms with Crippen LogP contribution in [0, 0.1) is 5.92 Å². The molecule has 1 saturated heterocycles. The molecule has 1 saturated carbocycles. The van der Waals surface area contributed by atoms with Crippen LogP contribution < -0.4 is 10.1 Å². The molecule has 0 radical (unpaired) electrons. The van der Waals surface area contributed by atoms with Gasteiger partial charge in [-0.1, -0.05) is 18.2 Å². The summed E-state index contributed by atoms with van der Waals surface area (Å²) in [6, 6.07) is 8.00. The largest absolute Gasteiger partial charge is 0.496 e. The third-order valence-corrected chi connectivity index (χ3v) is 5.33. The number of para-hydroxylation sites is 1. The van der Waals surface area contributed by atoms with Crippen molar-refractivity contribution in [3.8, 4) is 5.75 Å². The van der Waals surface area contributed by atoms with Gasteiger partial charge in [-0.05, 0) is 43.7 Å². The monoisotopic (exact) mass is 374 g/mol. The Labute approximate surface area is 161 Å². The van der Waals surface area contributed by atoms with Gasteiger partial charge in [-0.25, -0.2) is 0 Å². The molecule has 1 aromatic rings. The van der Waals surface area contributed by atoms with Gasteiger partial charge in [-0.15, -0.1) is 0 Å². The van der Waals surface area contributed by atoms with E-state index in [9.17, 15) is 9.59 Å². The van der Waals surface area contributed by atoms with E-state index in [1.807, 2.05) is 29.2 Å². The molecule has 2 fully saturated rings. The second-order valence-corrected chi connectivity index (χ2v) is 7.31. The zero-order valence-electron chi connectivity index (χ0n) is 16.1. The first-order valence-electron chi connectivity index (χ1n) is 9.96. The summed E-state index contributed by atoms with van der Waals surface area (Å²) in [7, 11) is 1.64. The minimum Gasteiger partial charge on any atom is -0.496 e. The quantitative estimate of drug-likeness (QED) is 0.719. The normalized spacial score (nSPS) is 17.4. The van der Waals surface area contributed by atoms with E-state index in [4.69, 9.17) is 9.47 Å². The first kappa shape index (κ1) is 19.7. The minimum atomic E-state index is 0.00621. The molecule has 6 nitrogen and oxygen atoms in total. The molecule has 0 unspecified atom stereocenters. The standard InChI is InChI=1S/C21H30N2O4/c1-26-19-5-3-2-4-16(19)8-9-20(24)22-12-13-23(21(25)17-6-7-17)18-10-14-27-15-11-18/h2-5,17-18H,6-15H2,1H3,(H,22,24). The van der Waals surface area contributed by atoms with Crippen molar-refractivity contribution >= 4 is 11.8 Å². The van der Waals surface area contributed by atoms with Crippen LogP contribution in [0.25, 0.3) is 0 Å². The molecule has 2 amide bonds. The van der Waals surface area contributed by atoms with Gasteiger partial charge in [-0.2, -0.15) is 0 Å². The molecule has 1 heterocycles. The molecular formula is C21H30N2O4. The molecule has 0 atom stereocenters. The van der Waals surface area contributed by atoms with Gasteiger partial charge in [0.2, 0.25) is 11.8 Å². The average molecular weight is 374 g/mol. The van der Waals surface area contributed by atoms with Crippen molar-refractivity contribution in [3.63, 3.8) is 0 Å². The highest BCUT2D eigenvalue weighted by atomic mass is 16.5. The molecule has 148 valence electrons. The summed E-state index contributed by atoms with van der Waals surface area (Å²) in [6.07, 6.45) is 4.84. The smallest absolute Gasteiger partial charge is 0.225 e. The van der Waals surface area contributed by atoms with E-state index in [1.54, 1.807) is 7.11 Å². The van der Waals surface area contributed by atoms with Gasteiger partial charge in [0.15, 0.2) is 0 Å². The van der Waals surface area contributed by atoms with E-state index in [2.05, 4.69) is 5.32 Å². The molecule has 1 N–H and O–H groups in total. The summed E-state index contributed by atoms with van der Waals surface area (Å²) >= 11 is 0. The van der Waals surface area contributed by atoms with E-state index in [0.717, 1.165) is 37.0 Å². The number of aryl methyl sites for hydroxylation is 1. The van der Waals surface area contributed by atoms with Crippen LogP contribution in [-0.4, -0.2) is 56.2 Å². The highest BCUT2D eigenvalue weighted by Crippen LogP contribution is 2.32. The second-order valence-electron chi connectivity index (χ2n) is 7.31. The summed E-state index contributed by atoms with van der Waals surface area (Å²) in [5.41, 5.74) is 1.03. The van der Waals surface area contributed by atoms with Crippen LogP contribution in [0.1, 0.15) is 37.7 Å². The summed E-state index contributed by atoms with van der Waals surface area (Å²) in [4.78, 5) is 26.8. The Kier molecular flexibility index (Phi) is 7.10. The highest BCUT2D eigenvalue weighted by molar-refractivity contribution is 5.81. The molecule has 0 bridgehead atoms. The molecule has 6 heteroatoms. The molecule has 1 aliphatic carbocycles. The molecule has 3 rings (SSSR count). The minimum absolute atomic E-state index is 0.00621. The van der Waals surface area contributed by atoms with Crippen molar-refractivity contribution in [3.05, 3.63) is 29.8 Å². The van der Waals surface area contributed by atoms with Crippen LogP contribution in [0.5, 0.6) is 5.75 Å². The number of nitrogens with zero attached hydrogens (tertiary/aromatic N) is 1. The predicted molar refractivity (Wildman–Crippen MR) is 103 cm³/mol. The van der Waals surface area contributed by atoms with E-state index in [-0.39, 0.29) is 23.8 Å². The van der Waals surface area contributed by atoms with Gasteiger partial charge in [0, 0.05) is 44.7 Å². The Hall–Kier alpha value is -2.08. The Morgan fingerprint density at radius 1 is 1.19 bits per heavy atom. The van der Waals surface area contributed by atoms with Crippen molar-refractivity contribution in [2.45, 2.75) is 44.6 Å². The topological polar surface area (TPSA) is 67.9 Å². The number of nitrogens with one attached hydrogen (secondary N) is 1. The van der Waals surface area contributed by atoms with Crippen LogP contribution in [0.15, 0.2) is 24.3 Å². The van der Waals surface area contributed by atoms with Gasteiger partial charge >= 0.3 is 0 Å². The molecule has 1 aliphatic heterocycles. The van der Waals surface area contributed by atoms with Crippen molar-refractivity contribution in [1.29, 1.82) is 0 Å². The number of benzene rings is 1. The number of rotatable bonds is 9. The number of ether oxygens (including phenoxy) is 2. The Morgan fingerprint density at radius 3 is 2.63 bits per heavy atom. The molecule has 0 aromatic heterocycles. The lowest BCUT2D eigenvalue weighted by Gasteiger charge is -2.34. The van der Waals surface area contributed by atoms with Crippen molar-refractivity contribution in [2.24, 2.45) is 5.92 Å². The number of hydrogen-bond donors (Lipinski definition) is 1. The zero-order chi connectivity index (χ0) is 19.1. The third kappa shape index (κ3) is 5.70. The van der Waals surface area contributed by atoms with Crippen molar-refractivity contribution < 1.29 is 19.1 Å². The Bertz CT molecular complexity index is 639. The van der Waals surface area contributed by atoms with Gasteiger partial charge in [-0.3, -0.25) is 9.59 Å². The van der Waals surface area contributed by atoms with Gasteiger partial charge in [0.25, 0.3) is 0 Å². The number of carbonyl (C=O) groups is 2. The summed E-state index contributed by atoms with van der Waals surface area (Å²) in [5, 5.41) is 2.97. The van der Waals surface area contributed by atoms with Gasteiger partial charge in [0.1, 0.15) is 5.75 Å². The zero-order valence-corrected chi connectivity index (χ0v) is 16.1. The van der Waals surface area contributed by atoms with E-state index in [1.165, 1.54) is 0 Å². The first-order valence-corrected chi connectivity index (χ1v) is 9.96. The van der Waals surface area contributed by atoms with Crippen LogP contribution in [0.4, 0.5) is 0 Å². The summed E-state index contributed by atoms with van der Waals surface area (Å²) < 4.78 is 10.7. The molecule has 0 spiro atoms. The fraction of sp³-hybridized carbons (Fsp3) is 0.619. The lowest BCUT2D eigenvalue weighted by molar-refractivity contribution is -0.137. The first-order chi connectivity index (χ1) is 13.2. The van der Waals surface area contributed by atoms with Crippen LogP contribution in [0.3, 0.4) is 0 Å². The fourth-order valence-electron chi connectivity index (χ4n) is 3.60. The SMILES string of the molecule is COc1ccccc1CCC(=O)NCCN(C(=O)C1CC1)C1CCOCC1. The molecular weight excluding hydrogens is 344 g/mol. The number of amides is 2. The molecule has 27 heavy (non-hydrogen) atoms. The van der Waals surface area contributed by atoms with Gasteiger partial charge < -0.3 is 19.7 Å². The Balaban J connectivity index is 1.44. The average Bonchev–Trinajstić information content (AvgIpc) is 3.55. The van der Waals surface area contributed by atoms with E-state index >= 15 is 0 Å². The van der Waals surface area contributed by atoms with Crippen LogP contribution >= 0.6 is 0 Å². The maximum absolute atomic E-state index is 12.6.